The SMILES string of the molecule is COc1cccc(-c2noc(C3CCN(C(=O)Nc4ccc(C)cc4C)CC3)n2)c1. The maximum absolute atomic E-state index is 12.6. The third kappa shape index (κ3) is 4.30. The summed E-state index contributed by atoms with van der Waals surface area (Å²) < 4.78 is 10.8. The number of hydrogen-bond acceptors (Lipinski definition) is 5. The minimum absolute atomic E-state index is 0.0667. The third-order valence-electron chi connectivity index (χ3n) is 5.52. The molecule has 30 heavy (non-hydrogen) atoms. The first-order valence-electron chi connectivity index (χ1n) is 10.1. The Balaban J connectivity index is 1.36. The molecule has 1 fully saturated rings. The zero-order valence-corrected chi connectivity index (χ0v) is 17.5. The molecule has 1 N–H and O–H groups in total. The molecule has 1 aliphatic rings. The molecule has 0 spiro atoms. The number of carbonyl (C=O) groups excluding carboxylic acids is 1. The largest absolute Gasteiger partial charge is 0.497 e. The Morgan fingerprint density at radius 1 is 1.17 bits per heavy atom. The van der Waals surface area contributed by atoms with Gasteiger partial charge in [0.25, 0.3) is 0 Å². The Labute approximate surface area is 176 Å². The van der Waals surface area contributed by atoms with Crippen molar-refractivity contribution in [3.8, 4) is 17.1 Å². The van der Waals surface area contributed by atoms with Crippen LogP contribution in [0.5, 0.6) is 5.75 Å². The number of benzene rings is 2. The van der Waals surface area contributed by atoms with E-state index in [0.29, 0.717) is 24.8 Å². The lowest BCUT2D eigenvalue weighted by Crippen LogP contribution is -2.40. The van der Waals surface area contributed by atoms with E-state index in [2.05, 4.69) is 21.5 Å². The summed E-state index contributed by atoms with van der Waals surface area (Å²) >= 11 is 0. The van der Waals surface area contributed by atoms with E-state index in [9.17, 15) is 4.79 Å². The van der Waals surface area contributed by atoms with Crippen LogP contribution in [-0.4, -0.2) is 41.3 Å². The van der Waals surface area contributed by atoms with Gasteiger partial charge in [0.15, 0.2) is 0 Å². The van der Waals surface area contributed by atoms with Gasteiger partial charge in [-0.05, 0) is 50.5 Å². The molecule has 3 aromatic rings. The highest BCUT2D eigenvalue weighted by molar-refractivity contribution is 5.90. The van der Waals surface area contributed by atoms with Crippen molar-refractivity contribution in [2.24, 2.45) is 0 Å². The standard InChI is InChI=1S/C23H26N4O3/c1-15-7-8-20(16(2)13-15)24-23(28)27-11-9-17(10-12-27)22-25-21(26-30-22)18-5-4-6-19(14-18)29-3/h4-8,13-14,17H,9-12H2,1-3H3,(H,24,28). The number of aromatic nitrogens is 2. The summed E-state index contributed by atoms with van der Waals surface area (Å²) in [5.74, 6) is 2.09. The number of rotatable bonds is 4. The third-order valence-corrected chi connectivity index (χ3v) is 5.52. The van der Waals surface area contributed by atoms with Crippen molar-refractivity contribution >= 4 is 11.7 Å². The number of piperidine rings is 1. The first-order valence-corrected chi connectivity index (χ1v) is 10.1. The van der Waals surface area contributed by atoms with Gasteiger partial charge in [0.05, 0.1) is 7.11 Å². The van der Waals surface area contributed by atoms with Gasteiger partial charge in [-0.25, -0.2) is 4.79 Å². The van der Waals surface area contributed by atoms with Crippen LogP contribution in [0.2, 0.25) is 0 Å². The van der Waals surface area contributed by atoms with Crippen molar-refractivity contribution in [3.63, 3.8) is 0 Å². The molecule has 4 rings (SSSR count). The Hall–Kier alpha value is -3.35. The van der Waals surface area contributed by atoms with Gasteiger partial charge < -0.3 is 19.5 Å². The second-order valence-electron chi connectivity index (χ2n) is 7.70. The van der Waals surface area contributed by atoms with Gasteiger partial charge in [-0.2, -0.15) is 4.98 Å². The predicted octanol–water partition coefficient (Wildman–Crippen LogP) is 4.77. The first kappa shape index (κ1) is 19.9. The maximum Gasteiger partial charge on any atom is 0.321 e. The fraction of sp³-hybridized carbons (Fsp3) is 0.348. The van der Waals surface area contributed by atoms with Gasteiger partial charge in [0, 0.05) is 30.3 Å². The van der Waals surface area contributed by atoms with E-state index >= 15 is 0 Å². The van der Waals surface area contributed by atoms with Gasteiger partial charge in [-0.3, -0.25) is 0 Å². The number of nitrogens with zero attached hydrogens (tertiary/aromatic N) is 3. The second kappa shape index (κ2) is 8.57. The fourth-order valence-electron chi connectivity index (χ4n) is 3.76. The monoisotopic (exact) mass is 406 g/mol. The summed E-state index contributed by atoms with van der Waals surface area (Å²) in [4.78, 5) is 19.1. The van der Waals surface area contributed by atoms with Gasteiger partial charge in [0.1, 0.15) is 5.75 Å². The van der Waals surface area contributed by atoms with Crippen LogP contribution in [0.3, 0.4) is 0 Å². The summed E-state index contributed by atoms with van der Waals surface area (Å²) in [6.45, 7) is 5.35. The van der Waals surface area contributed by atoms with Crippen LogP contribution in [0.15, 0.2) is 47.0 Å². The number of methoxy groups -OCH3 is 1. The Morgan fingerprint density at radius 2 is 1.97 bits per heavy atom. The molecular formula is C23H26N4O3. The molecule has 1 aromatic heterocycles. The van der Waals surface area contributed by atoms with Crippen LogP contribution >= 0.6 is 0 Å². The molecule has 2 amide bonds. The number of aryl methyl sites for hydroxylation is 2. The molecule has 2 heterocycles. The van der Waals surface area contributed by atoms with Crippen molar-refractivity contribution in [3.05, 3.63) is 59.5 Å². The van der Waals surface area contributed by atoms with Crippen molar-refractivity contribution in [1.29, 1.82) is 0 Å². The zero-order valence-electron chi connectivity index (χ0n) is 17.5. The quantitative estimate of drug-likeness (QED) is 0.675. The van der Waals surface area contributed by atoms with E-state index in [1.54, 1.807) is 7.11 Å². The number of amides is 2. The maximum atomic E-state index is 12.6. The summed E-state index contributed by atoms with van der Waals surface area (Å²) in [5.41, 5.74) is 3.95. The summed E-state index contributed by atoms with van der Waals surface area (Å²) in [5, 5.41) is 7.15. The molecule has 0 atom stereocenters. The molecule has 0 bridgehead atoms. The van der Waals surface area contributed by atoms with Crippen molar-refractivity contribution in [2.75, 3.05) is 25.5 Å². The number of ether oxygens (including phenoxy) is 1. The highest BCUT2D eigenvalue weighted by Crippen LogP contribution is 2.29. The Kier molecular flexibility index (Phi) is 5.70. The molecule has 1 saturated heterocycles. The molecule has 0 unspecified atom stereocenters. The lowest BCUT2D eigenvalue weighted by molar-refractivity contribution is 0.187. The molecule has 0 aliphatic carbocycles. The smallest absolute Gasteiger partial charge is 0.321 e. The average Bonchev–Trinajstić information content (AvgIpc) is 3.26. The lowest BCUT2D eigenvalue weighted by Gasteiger charge is -2.30. The normalized spacial score (nSPS) is 14.6. The molecule has 0 radical (unpaired) electrons. The minimum Gasteiger partial charge on any atom is -0.497 e. The van der Waals surface area contributed by atoms with Crippen LogP contribution in [0.1, 0.15) is 35.8 Å². The number of nitrogens with one attached hydrogen (secondary N) is 1. The van der Waals surface area contributed by atoms with Gasteiger partial charge in [-0.1, -0.05) is 35.0 Å². The summed E-state index contributed by atoms with van der Waals surface area (Å²) in [7, 11) is 1.63. The van der Waals surface area contributed by atoms with Crippen LogP contribution in [-0.2, 0) is 0 Å². The number of likely N-dealkylation sites (tertiary alicyclic amines) is 1. The number of carbonyl (C=O) groups is 1. The summed E-state index contributed by atoms with van der Waals surface area (Å²) in [6.07, 6.45) is 1.58. The van der Waals surface area contributed by atoms with Crippen LogP contribution in [0.25, 0.3) is 11.4 Å². The highest BCUT2D eigenvalue weighted by Gasteiger charge is 2.28. The number of urea groups is 1. The molecule has 7 heteroatoms. The molecule has 0 saturated carbocycles. The van der Waals surface area contributed by atoms with E-state index in [1.807, 2.05) is 55.1 Å². The zero-order chi connectivity index (χ0) is 21.1. The fourth-order valence-corrected chi connectivity index (χ4v) is 3.76. The van der Waals surface area contributed by atoms with Crippen molar-refractivity contribution in [2.45, 2.75) is 32.6 Å². The van der Waals surface area contributed by atoms with Gasteiger partial charge in [0.2, 0.25) is 11.7 Å². The second-order valence-corrected chi connectivity index (χ2v) is 7.70. The van der Waals surface area contributed by atoms with E-state index in [-0.39, 0.29) is 11.9 Å². The Bertz CT molecular complexity index is 1040. The lowest BCUT2D eigenvalue weighted by atomic mass is 9.97. The van der Waals surface area contributed by atoms with Gasteiger partial charge in [-0.15, -0.1) is 0 Å². The number of hydrogen-bond donors (Lipinski definition) is 1. The van der Waals surface area contributed by atoms with Crippen LogP contribution in [0.4, 0.5) is 10.5 Å². The van der Waals surface area contributed by atoms with E-state index < -0.39 is 0 Å². The molecule has 2 aromatic carbocycles. The highest BCUT2D eigenvalue weighted by atomic mass is 16.5. The van der Waals surface area contributed by atoms with Crippen molar-refractivity contribution in [1.82, 2.24) is 15.0 Å². The molecular weight excluding hydrogens is 380 g/mol. The van der Waals surface area contributed by atoms with Crippen LogP contribution < -0.4 is 10.1 Å². The average molecular weight is 406 g/mol. The van der Waals surface area contributed by atoms with Gasteiger partial charge >= 0.3 is 6.03 Å². The van der Waals surface area contributed by atoms with E-state index in [4.69, 9.17) is 9.26 Å². The minimum atomic E-state index is -0.0667. The predicted molar refractivity (Wildman–Crippen MR) is 115 cm³/mol. The first-order chi connectivity index (χ1) is 14.5. The van der Waals surface area contributed by atoms with E-state index in [0.717, 1.165) is 35.4 Å². The van der Waals surface area contributed by atoms with Crippen molar-refractivity contribution < 1.29 is 14.1 Å². The van der Waals surface area contributed by atoms with E-state index in [1.165, 1.54) is 5.56 Å². The topological polar surface area (TPSA) is 80.5 Å². The number of anilines is 1. The van der Waals surface area contributed by atoms with Crippen LogP contribution in [0, 0.1) is 13.8 Å². The molecule has 1 aliphatic heterocycles. The summed E-state index contributed by atoms with van der Waals surface area (Å²) in [6, 6.07) is 13.5. The Morgan fingerprint density at radius 3 is 2.70 bits per heavy atom. The molecule has 156 valence electrons. The molecule has 7 nitrogen and oxygen atoms in total.